The smallest absolute Gasteiger partial charge is 0.417 e. The van der Waals surface area contributed by atoms with Crippen molar-refractivity contribution in [3.8, 4) is 11.5 Å². The number of alkyl halides is 6. The summed E-state index contributed by atoms with van der Waals surface area (Å²) in [5.41, 5.74) is -0.882. The van der Waals surface area contributed by atoms with Crippen LogP contribution in [0.3, 0.4) is 0 Å². The number of anilines is 1. The third-order valence-corrected chi connectivity index (χ3v) is 5.49. The molecule has 0 aliphatic carbocycles. The van der Waals surface area contributed by atoms with E-state index in [2.05, 4.69) is 4.98 Å². The number of piperidine rings is 1. The number of aromatic nitrogens is 1. The SMILES string of the molecule is CC[C@H]1C[C@@H](Oc2ccc(C(F)(F)F)cc2OC=C(C)C)CCN1c1ccc(C(F)(F)F)cn1. The maximum Gasteiger partial charge on any atom is 0.417 e. The molecule has 0 saturated carbocycles. The van der Waals surface area contributed by atoms with Gasteiger partial charge in [0.05, 0.1) is 17.4 Å². The molecule has 1 fully saturated rings. The summed E-state index contributed by atoms with van der Waals surface area (Å²) in [5.74, 6) is 0.614. The van der Waals surface area contributed by atoms with Gasteiger partial charge in [0.2, 0.25) is 0 Å². The number of pyridine rings is 1. The van der Waals surface area contributed by atoms with Crippen LogP contribution in [0.25, 0.3) is 0 Å². The average molecular weight is 488 g/mol. The Balaban J connectivity index is 1.76. The fourth-order valence-electron chi connectivity index (χ4n) is 3.77. The van der Waals surface area contributed by atoms with Crippen molar-refractivity contribution < 1.29 is 35.8 Å². The maximum atomic E-state index is 13.2. The number of rotatable bonds is 6. The van der Waals surface area contributed by atoms with Crippen LogP contribution in [0.5, 0.6) is 11.5 Å². The van der Waals surface area contributed by atoms with Gasteiger partial charge in [-0.05, 0) is 56.2 Å². The van der Waals surface area contributed by atoms with E-state index < -0.39 is 23.5 Å². The van der Waals surface area contributed by atoms with Crippen LogP contribution >= 0.6 is 0 Å². The van der Waals surface area contributed by atoms with Gasteiger partial charge in [-0.3, -0.25) is 0 Å². The number of ether oxygens (including phenoxy) is 2. The number of nitrogens with zero attached hydrogens (tertiary/aromatic N) is 2. The standard InChI is InChI=1S/C24H26F6N2O2/c1-4-18-12-19(9-10-32(18)22-8-6-17(13-31-22)24(28,29)30)34-20-7-5-16(23(25,26)27)11-21(20)33-14-15(2)3/h5-8,11,13-14,18-19H,4,9-10,12H2,1-3H3/t18-,19-/m0/s1. The van der Waals surface area contributed by atoms with Gasteiger partial charge < -0.3 is 14.4 Å². The summed E-state index contributed by atoms with van der Waals surface area (Å²) in [4.78, 5) is 5.93. The van der Waals surface area contributed by atoms with Crippen molar-refractivity contribution in [2.45, 2.75) is 64.5 Å². The summed E-state index contributed by atoms with van der Waals surface area (Å²) in [6.07, 6.45) is -5.36. The van der Waals surface area contributed by atoms with E-state index in [1.165, 1.54) is 18.4 Å². The Bertz CT molecular complexity index is 998. The summed E-state index contributed by atoms with van der Waals surface area (Å²) in [5, 5.41) is 0. The highest BCUT2D eigenvalue weighted by Gasteiger charge is 2.34. The van der Waals surface area contributed by atoms with Gasteiger partial charge in [-0.2, -0.15) is 26.3 Å². The topological polar surface area (TPSA) is 34.6 Å². The highest BCUT2D eigenvalue weighted by Crippen LogP contribution is 2.38. The van der Waals surface area contributed by atoms with Crippen LogP contribution in [-0.4, -0.2) is 23.7 Å². The molecule has 1 aliphatic heterocycles. The molecule has 1 aromatic heterocycles. The lowest BCUT2D eigenvalue weighted by atomic mass is 9.97. The highest BCUT2D eigenvalue weighted by molar-refractivity contribution is 5.45. The molecule has 4 nitrogen and oxygen atoms in total. The van der Waals surface area contributed by atoms with Crippen molar-refractivity contribution >= 4 is 5.82 Å². The molecule has 0 amide bonds. The minimum absolute atomic E-state index is 0.0316. The van der Waals surface area contributed by atoms with E-state index in [0.717, 1.165) is 30.0 Å². The van der Waals surface area contributed by atoms with E-state index in [1.54, 1.807) is 13.8 Å². The second-order valence-electron chi connectivity index (χ2n) is 8.39. The highest BCUT2D eigenvalue weighted by atomic mass is 19.4. The third kappa shape index (κ3) is 6.36. The summed E-state index contributed by atoms with van der Waals surface area (Å²) in [6, 6.07) is 5.42. The summed E-state index contributed by atoms with van der Waals surface area (Å²) in [6.45, 7) is 5.94. The molecule has 1 saturated heterocycles. The maximum absolute atomic E-state index is 13.2. The first-order valence-corrected chi connectivity index (χ1v) is 10.9. The molecule has 0 radical (unpaired) electrons. The lowest BCUT2D eigenvalue weighted by Crippen LogP contribution is -2.46. The van der Waals surface area contributed by atoms with Crippen LogP contribution in [0.4, 0.5) is 32.2 Å². The van der Waals surface area contributed by atoms with Crippen molar-refractivity contribution in [3.05, 3.63) is 59.5 Å². The molecule has 1 aromatic carbocycles. The van der Waals surface area contributed by atoms with Crippen molar-refractivity contribution in [2.24, 2.45) is 0 Å². The first-order chi connectivity index (χ1) is 15.9. The lowest BCUT2D eigenvalue weighted by molar-refractivity contribution is -0.138. The van der Waals surface area contributed by atoms with E-state index in [1.807, 2.05) is 11.8 Å². The molecule has 2 atom stereocenters. The first-order valence-electron chi connectivity index (χ1n) is 10.9. The number of halogens is 6. The quantitative estimate of drug-likeness (QED) is 0.317. The van der Waals surface area contributed by atoms with Crippen LogP contribution in [0.15, 0.2) is 48.4 Å². The Labute approximate surface area is 194 Å². The van der Waals surface area contributed by atoms with Gasteiger partial charge in [0.25, 0.3) is 0 Å². The third-order valence-electron chi connectivity index (χ3n) is 5.49. The zero-order valence-corrected chi connectivity index (χ0v) is 19.0. The monoisotopic (exact) mass is 488 g/mol. The number of hydrogen-bond acceptors (Lipinski definition) is 4. The largest absolute Gasteiger partial charge is 0.486 e. The first kappa shape index (κ1) is 25.7. The van der Waals surface area contributed by atoms with E-state index in [0.29, 0.717) is 31.6 Å². The zero-order chi connectivity index (χ0) is 25.1. The minimum Gasteiger partial charge on any atom is -0.486 e. The fourth-order valence-corrected chi connectivity index (χ4v) is 3.77. The van der Waals surface area contributed by atoms with E-state index >= 15 is 0 Å². The van der Waals surface area contributed by atoms with E-state index in [-0.39, 0.29) is 23.6 Å². The minimum atomic E-state index is -4.52. The summed E-state index contributed by atoms with van der Waals surface area (Å²) >= 11 is 0. The Morgan fingerprint density at radius 1 is 1.03 bits per heavy atom. The fraction of sp³-hybridized carbons (Fsp3) is 0.458. The second kappa shape index (κ2) is 10.1. The van der Waals surface area contributed by atoms with Gasteiger partial charge in [0.1, 0.15) is 11.9 Å². The molecule has 3 rings (SSSR count). The molecule has 10 heteroatoms. The molecule has 2 heterocycles. The Morgan fingerprint density at radius 2 is 1.71 bits per heavy atom. The molecule has 0 bridgehead atoms. The Morgan fingerprint density at radius 3 is 2.26 bits per heavy atom. The molecular formula is C24H26F6N2O2. The van der Waals surface area contributed by atoms with Crippen LogP contribution in [-0.2, 0) is 12.4 Å². The van der Waals surface area contributed by atoms with Crippen LogP contribution < -0.4 is 14.4 Å². The summed E-state index contributed by atoms with van der Waals surface area (Å²) in [7, 11) is 0. The lowest BCUT2D eigenvalue weighted by Gasteiger charge is -2.40. The molecule has 1 aliphatic rings. The molecule has 186 valence electrons. The predicted molar refractivity (Wildman–Crippen MR) is 116 cm³/mol. The molecule has 0 unspecified atom stereocenters. The van der Waals surface area contributed by atoms with Gasteiger partial charge in [-0.25, -0.2) is 4.98 Å². The Hall–Kier alpha value is -2.91. The van der Waals surface area contributed by atoms with Gasteiger partial charge in [0, 0.05) is 31.6 Å². The van der Waals surface area contributed by atoms with Gasteiger partial charge >= 0.3 is 12.4 Å². The van der Waals surface area contributed by atoms with Crippen molar-refractivity contribution in [1.82, 2.24) is 4.98 Å². The molecule has 2 aromatic rings. The van der Waals surface area contributed by atoms with Crippen molar-refractivity contribution in [1.29, 1.82) is 0 Å². The molecular weight excluding hydrogens is 462 g/mol. The van der Waals surface area contributed by atoms with E-state index in [9.17, 15) is 26.3 Å². The summed E-state index contributed by atoms with van der Waals surface area (Å²) < 4.78 is 89.5. The van der Waals surface area contributed by atoms with Gasteiger partial charge in [-0.15, -0.1) is 0 Å². The van der Waals surface area contributed by atoms with Crippen LogP contribution in [0.2, 0.25) is 0 Å². The van der Waals surface area contributed by atoms with Crippen molar-refractivity contribution in [2.75, 3.05) is 11.4 Å². The number of hydrogen-bond donors (Lipinski definition) is 0. The Kier molecular flexibility index (Phi) is 7.67. The van der Waals surface area contributed by atoms with Crippen molar-refractivity contribution in [3.63, 3.8) is 0 Å². The normalized spacial score (nSPS) is 19.0. The number of benzene rings is 1. The van der Waals surface area contributed by atoms with Gasteiger partial charge in [-0.1, -0.05) is 6.92 Å². The molecule has 34 heavy (non-hydrogen) atoms. The van der Waals surface area contributed by atoms with Gasteiger partial charge in [0.15, 0.2) is 11.5 Å². The van der Waals surface area contributed by atoms with Crippen LogP contribution in [0.1, 0.15) is 51.2 Å². The predicted octanol–water partition coefficient (Wildman–Crippen LogP) is 7.25. The van der Waals surface area contributed by atoms with E-state index in [4.69, 9.17) is 9.47 Å². The van der Waals surface area contributed by atoms with Crippen LogP contribution in [0, 0.1) is 0 Å². The molecule has 0 N–H and O–H groups in total. The molecule has 0 spiro atoms. The average Bonchev–Trinajstić information content (AvgIpc) is 2.77. The number of allylic oxidation sites excluding steroid dienone is 1. The zero-order valence-electron chi connectivity index (χ0n) is 19.0. The second-order valence-corrected chi connectivity index (χ2v) is 8.39.